The van der Waals surface area contributed by atoms with Crippen LogP contribution in [0.1, 0.15) is 12.5 Å². The summed E-state index contributed by atoms with van der Waals surface area (Å²) in [6.07, 6.45) is 0. The summed E-state index contributed by atoms with van der Waals surface area (Å²) in [5, 5.41) is 0. The number of fused-ring (bicyclic) bond motifs is 1. The van der Waals surface area contributed by atoms with Gasteiger partial charge in [-0.15, -0.1) is 0 Å². The van der Waals surface area contributed by atoms with Crippen LogP contribution in [-0.4, -0.2) is 75.3 Å². The van der Waals surface area contributed by atoms with Crippen LogP contribution in [0.2, 0.25) is 0 Å². The molecular weight excluding hydrogens is 394 g/mol. The van der Waals surface area contributed by atoms with Crippen LogP contribution in [0, 0.1) is 0 Å². The number of amides is 1. The van der Waals surface area contributed by atoms with Gasteiger partial charge in [0.25, 0.3) is 0 Å². The number of likely N-dealkylation sites (N-methyl/N-ethyl adjacent to an activating group) is 1. The number of methoxy groups -OCH3 is 1. The lowest BCUT2D eigenvalue weighted by atomic mass is 10.1. The third kappa shape index (κ3) is 5.05. The van der Waals surface area contributed by atoms with E-state index in [9.17, 15) is 4.79 Å². The molecule has 2 aromatic rings. The standard InChI is InChI=1S/C24H31N3O4/c1-3-26(17-19-8-9-22-23(16-19)31-15-14-30-22)24(28)18-25-10-12-27(13-11-25)20-6-4-5-7-21(20)29-2/h4-9,16H,3,10-15,17-18H2,1-2H3. The average Bonchev–Trinajstić information content (AvgIpc) is 2.82. The van der Waals surface area contributed by atoms with E-state index in [4.69, 9.17) is 14.2 Å². The largest absolute Gasteiger partial charge is 0.495 e. The molecule has 0 aliphatic carbocycles. The normalized spacial score (nSPS) is 16.1. The van der Waals surface area contributed by atoms with Crippen molar-refractivity contribution < 1.29 is 19.0 Å². The van der Waals surface area contributed by atoms with E-state index in [1.807, 2.05) is 48.2 Å². The van der Waals surface area contributed by atoms with Crippen molar-refractivity contribution in [3.05, 3.63) is 48.0 Å². The van der Waals surface area contributed by atoms with Gasteiger partial charge in [0.15, 0.2) is 11.5 Å². The fourth-order valence-corrected chi connectivity index (χ4v) is 4.11. The maximum absolute atomic E-state index is 13.0. The van der Waals surface area contributed by atoms with Crippen LogP contribution in [0.4, 0.5) is 5.69 Å². The van der Waals surface area contributed by atoms with E-state index in [1.54, 1.807) is 7.11 Å². The third-order valence-corrected chi connectivity index (χ3v) is 5.87. The Morgan fingerprint density at radius 2 is 1.77 bits per heavy atom. The van der Waals surface area contributed by atoms with Crippen LogP contribution in [0.5, 0.6) is 17.2 Å². The number of benzene rings is 2. The molecule has 0 bridgehead atoms. The van der Waals surface area contributed by atoms with E-state index in [1.165, 1.54) is 0 Å². The molecule has 31 heavy (non-hydrogen) atoms. The van der Waals surface area contributed by atoms with Gasteiger partial charge in [0.2, 0.25) is 5.91 Å². The second-order valence-corrected chi connectivity index (χ2v) is 7.82. The van der Waals surface area contributed by atoms with Gasteiger partial charge in [0.1, 0.15) is 19.0 Å². The first-order chi connectivity index (χ1) is 15.2. The van der Waals surface area contributed by atoms with Crippen molar-refractivity contribution >= 4 is 11.6 Å². The van der Waals surface area contributed by atoms with Crippen LogP contribution >= 0.6 is 0 Å². The van der Waals surface area contributed by atoms with Crippen LogP contribution in [0.3, 0.4) is 0 Å². The highest BCUT2D eigenvalue weighted by Crippen LogP contribution is 2.31. The van der Waals surface area contributed by atoms with E-state index < -0.39 is 0 Å². The van der Waals surface area contributed by atoms with E-state index in [0.717, 1.165) is 54.7 Å². The third-order valence-electron chi connectivity index (χ3n) is 5.87. The molecule has 7 heteroatoms. The Kier molecular flexibility index (Phi) is 6.82. The highest BCUT2D eigenvalue weighted by Gasteiger charge is 2.23. The number of piperazine rings is 1. The molecule has 7 nitrogen and oxygen atoms in total. The number of hydrogen-bond donors (Lipinski definition) is 0. The molecule has 2 aromatic carbocycles. The Morgan fingerprint density at radius 3 is 2.52 bits per heavy atom. The SMILES string of the molecule is CCN(Cc1ccc2c(c1)OCCO2)C(=O)CN1CCN(c2ccccc2OC)CC1. The molecule has 1 fully saturated rings. The summed E-state index contributed by atoms with van der Waals surface area (Å²) < 4.78 is 16.8. The molecule has 0 N–H and O–H groups in total. The van der Waals surface area contributed by atoms with Gasteiger partial charge in [-0.25, -0.2) is 0 Å². The van der Waals surface area contributed by atoms with E-state index in [0.29, 0.717) is 32.8 Å². The van der Waals surface area contributed by atoms with Crippen LogP contribution in [0.15, 0.2) is 42.5 Å². The Bertz CT molecular complexity index is 896. The van der Waals surface area contributed by atoms with E-state index in [-0.39, 0.29) is 5.91 Å². The second kappa shape index (κ2) is 9.92. The molecule has 2 aliphatic heterocycles. The van der Waals surface area contributed by atoms with Gasteiger partial charge in [0, 0.05) is 39.3 Å². The summed E-state index contributed by atoms with van der Waals surface area (Å²) in [5.74, 6) is 2.59. The molecule has 2 heterocycles. The number of anilines is 1. The van der Waals surface area contributed by atoms with Crippen LogP contribution in [0.25, 0.3) is 0 Å². The molecular formula is C24H31N3O4. The molecule has 0 aromatic heterocycles. The maximum atomic E-state index is 13.0. The van der Waals surface area contributed by atoms with Gasteiger partial charge in [0.05, 0.1) is 19.3 Å². The minimum absolute atomic E-state index is 0.156. The molecule has 4 rings (SSSR count). The highest BCUT2D eigenvalue weighted by atomic mass is 16.6. The highest BCUT2D eigenvalue weighted by molar-refractivity contribution is 5.78. The molecule has 0 radical (unpaired) electrons. The number of para-hydroxylation sites is 2. The van der Waals surface area contributed by atoms with Gasteiger partial charge in [-0.2, -0.15) is 0 Å². The topological polar surface area (TPSA) is 54.5 Å². The minimum atomic E-state index is 0.156. The lowest BCUT2D eigenvalue weighted by Crippen LogP contribution is -2.50. The fraction of sp³-hybridized carbons (Fsp3) is 0.458. The Hall–Kier alpha value is -2.93. The number of nitrogens with zero attached hydrogens (tertiary/aromatic N) is 3. The van der Waals surface area contributed by atoms with Crippen LogP contribution in [-0.2, 0) is 11.3 Å². The molecule has 0 saturated carbocycles. The fourth-order valence-electron chi connectivity index (χ4n) is 4.11. The van der Waals surface area contributed by atoms with Gasteiger partial charge in [-0.1, -0.05) is 18.2 Å². The number of hydrogen-bond acceptors (Lipinski definition) is 6. The molecule has 166 valence electrons. The van der Waals surface area contributed by atoms with Gasteiger partial charge in [-0.05, 0) is 36.8 Å². The molecule has 0 atom stereocenters. The first kappa shape index (κ1) is 21.3. The number of ether oxygens (including phenoxy) is 3. The zero-order chi connectivity index (χ0) is 21.6. The molecule has 0 unspecified atom stereocenters. The van der Waals surface area contributed by atoms with E-state index in [2.05, 4.69) is 15.9 Å². The van der Waals surface area contributed by atoms with E-state index >= 15 is 0 Å². The maximum Gasteiger partial charge on any atom is 0.237 e. The van der Waals surface area contributed by atoms with Gasteiger partial charge >= 0.3 is 0 Å². The first-order valence-corrected chi connectivity index (χ1v) is 10.9. The lowest BCUT2D eigenvalue weighted by molar-refractivity contribution is -0.132. The zero-order valence-corrected chi connectivity index (χ0v) is 18.4. The summed E-state index contributed by atoms with van der Waals surface area (Å²) in [5.41, 5.74) is 2.17. The van der Waals surface area contributed by atoms with Gasteiger partial charge in [-0.3, -0.25) is 9.69 Å². The van der Waals surface area contributed by atoms with Crippen LogP contribution < -0.4 is 19.1 Å². The van der Waals surface area contributed by atoms with Crippen molar-refractivity contribution in [3.63, 3.8) is 0 Å². The Morgan fingerprint density at radius 1 is 1.03 bits per heavy atom. The smallest absolute Gasteiger partial charge is 0.237 e. The predicted molar refractivity (Wildman–Crippen MR) is 120 cm³/mol. The monoisotopic (exact) mass is 425 g/mol. The van der Waals surface area contributed by atoms with Crippen molar-refractivity contribution in [2.75, 3.05) is 64.5 Å². The zero-order valence-electron chi connectivity index (χ0n) is 18.4. The van der Waals surface area contributed by atoms with Crippen molar-refractivity contribution in [2.45, 2.75) is 13.5 Å². The molecule has 2 aliphatic rings. The predicted octanol–water partition coefficient (Wildman–Crippen LogP) is 2.64. The van der Waals surface area contributed by atoms with Crippen molar-refractivity contribution in [2.24, 2.45) is 0 Å². The number of carbonyl (C=O) groups excluding carboxylic acids is 1. The minimum Gasteiger partial charge on any atom is -0.495 e. The Labute approximate surface area is 184 Å². The van der Waals surface area contributed by atoms with Gasteiger partial charge < -0.3 is 24.0 Å². The molecule has 1 amide bonds. The summed E-state index contributed by atoms with van der Waals surface area (Å²) in [4.78, 5) is 19.4. The average molecular weight is 426 g/mol. The molecule has 1 saturated heterocycles. The molecule has 0 spiro atoms. The van der Waals surface area contributed by atoms with Crippen molar-refractivity contribution in [1.82, 2.24) is 9.80 Å². The van der Waals surface area contributed by atoms with Crippen molar-refractivity contribution in [1.29, 1.82) is 0 Å². The summed E-state index contributed by atoms with van der Waals surface area (Å²) in [6, 6.07) is 14.0. The number of rotatable bonds is 7. The first-order valence-electron chi connectivity index (χ1n) is 10.9. The summed E-state index contributed by atoms with van der Waals surface area (Å²) in [7, 11) is 1.70. The number of carbonyl (C=O) groups is 1. The quantitative estimate of drug-likeness (QED) is 0.680. The summed E-state index contributed by atoms with van der Waals surface area (Å²) in [6.45, 7) is 8.32. The lowest BCUT2D eigenvalue weighted by Gasteiger charge is -2.37. The second-order valence-electron chi connectivity index (χ2n) is 7.82. The van der Waals surface area contributed by atoms with Crippen molar-refractivity contribution in [3.8, 4) is 17.2 Å². The summed E-state index contributed by atoms with van der Waals surface area (Å²) >= 11 is 0. The Balaban J connectivity index is 1.31.